The fourth-order valence-electron chi connectivity index (χ4n) is 2.18. The summed E-state index contributed by atoms with van der Waals surface area (Å²) in [6.07, 6.45) is 0.613. The molecule has 0 saturated heterocycles. The van der Waals surface area contributed by atoms with Gasteiger partial charge in [-0.05, 0) is 17.5 Å². The Morgan fingerprint density at radius 3 is 2.24 bits per heavy atom. The lowest BCUT2D eigenvalue weighted by molar-refractivity contribution is -0.140. The monoisotopic (exact) mass is 284 g/mol. The van der Waals surface area contributed by atoms with E-state index < -0.39 is 6.10 Å². The van der Waals surface area contributed by atoms with Gasteiger partial charge < -0.3 is 9.47 Å². The Hall–Kier alpha value is -1.97. The summed E-state index contributed by atoms with van der Waals surface area (Å²) in [6, 6.07) is 19.5. The molecule has 0 fully saturated rings. The maximum absolute atomic E-state index is 12.4. The van der Waals surface area contributed by atoms with Crippen LogP contribution in [0.1, 0.15) is 23.7 Å². The fourth-order valence-corrected chi connectivity index (χ4v) is 2.18. The molecule has 0 aliphatic carbocycles. The number of benzene rings is 2. The van der Waals surface area contributed by atoms with E-state index in [0.717, 1.165) is 17.5 Å². The molecule has 0 saturated carbocycles. The predicted octanol–water partition coefficient (Wildman–Crippen LogP) is 3.55. The standard InChI is InChI=1S/C18H20O3/c1-20-14-21-18(16-10-6-3-7-11-16)17(19)13-12-15-8-4-2-5-9-15/h2-11,18H,12-14H2,1H3/t18-/m0/s1. The van der Waals surface area contributed by atoms with Crippen LogP contribution in [-0.2, 0) is 20.7 Å². The highest BCUT2D eigenvalue weighted by Crippen LogP contribution is 2.20. The first kappa shape index (κ1) is 15.4. The van der Waals surface area contributed by atoms with Crippen molar-refractivity contribution in [1.29, 1.82) is 0 Å². The molecule has 0 aromatic heterocycles. The first-order chi connectivity index (χ1) is 10.3. The fraction of sp³-hybridized carbons (Fsp3) is 0.278. The number of rotatable bonds is 8. The summed E-state index contributed by atoms with van der Waals surface area (Å²) in [4.78, 5) is 12.4. The Labute approximate surface area is 125 Å². The van der Waals surface area contributed by atoms with Gasteiger partial charge in [-0.2, -0.15) is 0 Å². The molecule has 0 amide bonds. The van der Waals surface area contributed by atoms with Gasteiger partial charge in [0.1, 0.15) is 12.9 Å². The van der Waals surface area contributed by atoms with Crippen molar-refractivity contribution in [2.24, 2.45) is 0 Å². The highest BCUT2D eigenvalue weighted by molar-refractivity contribution is 5.84. The second-order valence-electron chi connectivity index (χ2n) is 4.82. The molecular formula is C18H20O3. The molecule has 21 heavy (non-hydrogen) atoms. The van der Waals surface area contributed by atoms with Crippen LogP contribution in [0.3, 0.4) is 0 Å². The van der Waals surface area contributed by atoms with Crippen molar-refractivity contribution < 1.29 is 14.3 Å². The van der Waals surface area contributed by atoms with Gasteiger partial charge in [0.15, 0.2) is 5.78 Å². The van der Waals surface area contributed by atoms with Crippen LogP contribution in [0.2, 0.25) is 0 Å². The molecule has 0 aliphatic heterocycles. The Morgan fingerprint density at radius 2 is 1.62 bits per heavy atom. The van der Waals surface area contributed by atoms with Crippen molar-refractivity contribution in [3.05, 3.63) is 71.8 Å². The Kier molecular flexibility index (Phi) is 6.13. The maximum Gasteiger partial charge on any atom is 0.166 e. The van der Waals surface area contributed by atoms with Gasteiger partial charge in [0, 0.05) is 13.5 Å². The van der Waals surface area contributed by atoms with Crippen molar-refractivity contribution in [1.82, 2.24) is 0 Å². The number of aryl methyl sites for hydroxylation is 1. The normalized spacial score (nSPS) is 12.0. The van der Waals surface area contributed by atoms with E-state index in [-0.39, 0.29) is 12.6 Å². The van der Waals surface area contributed by atoms with Gasteiger partial charge in [-0.3, -0.25) is 4.79 Å². The van der Waals surface area contributed by atoms with E-state index in [1.807, 2.05) is 60.7 Å². The minimum Gasteiger partial charge on any atom is -0.359 e. The average molecular weight is 284 g/mol. The van der Waals surface area contributed by atoms with E-state index >= 15 is 0 Å². The van der Waals surface area contributed by atoms with E-state index in [4.69, 9.17) is 9.47 Å². The smallest absolute Gasteiger partial charge is 0.166 e. The van der Waals surface area contributed by atoms with Gasteiger partial charge in [-0.1, -0.05) is 60.7 Å². The molecule has 0 unspecified atom stereocenters. The number of carbonyl (C=O) groups is 1. The number of Topliss-reactive ketones (excluding diaryl/α,β-unsaturated/α-hetero) is 1. The first-order valence-corrected chi connectivity index (χ1v) is 7.03. The molecule has 1 atom stereocenters. The van der Waals surface area contributed by atoms with Gasteiger partial charge in [-0.25, -0.2) is 0 Å². The maximum atomic E-state index is 12.4. The van der Waals surface area contributed by atoms with Crippen molar-refractivity contribution in [3.63, 3.8) is 0 Å². The van der Waals surface area contributed by atoms with Gasteiger partial charge in [0.05, 0.1) is 0 Å². The van der Waals surface area contributed by atoms with Crippen LogP contribution in [0.4, 0.5) is 0 Å². The van der Waals surface area contributed by atoms with Crippen molar-refractivity contribution >= 4 is 5.78 Å². The van der Waals surface area contributed by atoms with Crippen LogP contribution in [0.25, 0.3) is 0 Å². The van der Waals surface area contributed by atoms with Gasteiger partial charge in [-0.15, -0.1) is 0 Å². The third-order valence-corrected chi connectivity index (χ3v) is 3.25. The van der Waals surface area contributed by atoms with Crippen LogP contribution >= 0.6 is 0 Å². The molecule has 0 aliphatic rings. The summed E-state index contributed by atoms with van der Waals surface area (Å²) in [5.41, 5.74) is 2.03. The van der Waals surface area contributed by atoms with E-state index in [1.165, 1.54) is 0 Å². The molecule has 3 nitrogen and oxygen atoms in total. The number of ether oxygens (including phenoxy) is 2. The van der Waals surface area contributed by atoms with Gasteiger partial charge in [0.2, 0.25) is 0 Å². The summed E-state index contributed by atoms with van der Waals surface area (Å²) in [6.45, 7) is 0.108. The second kappa shape index (κ2) is 8.35. The topological polar surface area (TPSA) is 35.5 Å². The highest BCUT2D eigenvalue weighted by Gasteiger charge is 2.20. The zero-order chi connectivity index (χ0) is 14.9. The van der Waals surface area contributed by atoms with E-state index in [9.17, 15) is 4.79 Å². The zero-order valence-electron chi connectivity index (χ0n) is 12.2. The molecule has 0 bridgehead atoms. The largest absolute Gasteiger partial charge is 0.359 e. The summed E-state index contributed by atoms with van der Waals surface area (Å²) >= 11 is 0. The number of ketones is 1. The average Bonchev–Trinajstić information content (AvgIpc) is 2.55. The van der Waals surface area contributed by atoms with Crippen LogP contribution in [0, 0.1) is 0 Å². The molecule has 0 N–H and O–H groups in total. The van der Waals surface area contributed by atoms with Crippen LogP contribution in [0.5, 0.6) is 0 Å². The number of methoxy groups -OCH3 is 1. The lowest BCUT2D eigenvalue weighted by atomic mass is 10.00. The second-order valence-corrected chi connectivity index (χ2v) is 4.82. The number of carbonyl (C=O) groups excluding carboxylic acids is 1. The van der Waals surface area contributed by atoms with E-state index in [1.54, 1.807) is 7.11 Å². The third-order valence-electron chi connectivity index (χ3n) is 3.25. The Bertz CT molecular complexity index is 537. The number of hydrogen-bond donors (Lipinski definition) is 0. The zero-order valence-corrected chi connectivity index (χ0v) is 12.2. The Balaban J connectivity index is 2.01. The quantitative estimate of drug-likeness (QED) is 0.695. The molecule has 0 heterocycles. The van der Waals surface area contributed by atoms with Crippen LogP contribution in [-0.4, -0.2) is 19.7 Å². The first-order valence-electron chi connectivity index (χ1n) is 7.03. The minimum absolute atomic E-state index is 0.0714. The summed E-state index contributed by atoms with van der Waals surface area (Å²) < 4.78 is 10.5. The van der Waals surface area contributed by atoms with Crippen LogP contribution in [0.15, 0.2) is 60.7 Å². The summed E-state index contributed by atoms with van der Waals surface area (Å²) in [7, 11) is 1.55. The summed E-state index contributed by atoms with van der Waals surface area (Å²) in [5.74, 6) is 0.0714. The molecule has 2 rings (SSSR count). The molecule has 0 radical (unpaired) electrons. The lowest BCUT2D eigenvalue weighted by Gasteiger charge is -2.16. The van der Waals surface area contributed by atoms with Crippen LogP contribution < -0.4 is 0 Å². The summed E-state index contributed by atoms with van der Waals surface area (Å²) in [5, 5.41) is 0. The Morgan fingerprint density at radius 1 is 1.00 bits per heavy atom. The van der Waals surface area contributed by atoms with E-state index in [2.05, 4.69) is 0 Å². The molecular weight excluding hydrogens is 264 g/mol. The minimum atomic E-state index is -0.560. The van der Waals surface area contributed by atoms with Gasteiger partial charge >= 0.3 is 0 Å². The number of hydrogen-bond acceptors (Lipinski definition) is 3. The lowest BCUT2D eigenvalue weighted by Crippen LogP contribution is -2.18. The van der Waals surface area contributed by atoms with Crippen molar-refractivity contribution in [2.45, 2.75) is 18.9 Å². The molecule has 3 heteroatoms. The molecule has 110 valence electrons. The molecule has 2 aromatic carbocycles. The van der Waals surface area contributed by atoms with E-state index in [0.29, 0.717) is 6.42 Å². The third kappa shape index (κ3) is 4.81. The van der Waals surface area contributed by atoms with Gasteiger partial charge in [0.25, 0.3) is 0 Å². The predicted molar refractivity (Wildman–Crippen MR) is 81.9 cm³/mol. The van der Waals surface area contributed by atoms with Crippen molar-refractivity contribution in [2.75, 3.05) is 13.9 Å². The SMILES string of the molecule is COCO[C@H](C(=O)CCc1ccccc1)c1ccccc1. The molecule has 0 spiro atoms. The highest BCUT2D eigenvalue weighted by atomic mass is 16.7. The van der Waals surface area contributed by atoms with Crippen molar-refractivity contribution in [3.8, 4) is 0 Å². The molecule has 2 aromatic rings.